The van der Waals surface area contributed by atoms with Gasteiger partial charge in [-0.2, -0.15) is 0 Å². The molecule has 150 valence electrons. The van der Waals surface area contributed by atoms with Crippen molar-refractivity contribution in [2.75, 3.05) is 50.4 Å². The normalized spacial score (nSPS) is 11.5. The first-order chi connectivity index (χ1) is 13.7. The highest BCUT2D eigenvalue weighted by Crippen LogP contribution is 2.33. The van der Waals surface area contributed by atoms with Crippen molar-refractivity contribution in [3.8, 4) is 5.75 Å². The van der Waals surface area contributed by atoms with Crippen LogP contribution in [0.4, 0.5) is 5.69 Å². The molecule has 0 bridgehead atoms. The van der Waals surface area contributed by atoms with Gasteiger partial charge in [-0.25, -0.2) is 4.98 Å². The van der Waals surface area contributed by atoms with Gasteiger partial charge in [-0.15, -0.1) is 23.2 Å². The maximum absolute atomic E-state index is 6.19. The summed E-state index contributed by atoms with van der Waals surface area (Å²) in [5.74, 6) is 2.02. The molecule has 0 aliphatic rings. The summed E-state index contributed by atoms with van der Waals surface area (Å²) < 4.78 is 5.36. The van der Waals surface area contributed by atoms with Gasteiger partial charge in [0.05, 0.1) is 23.8 Å². The SMILES string of the molecule is COc1ccc2c(NCCCN(CCCl)CCCl)c3ccc(Cl)cc3nc2c1. The Morgan fingerprint density at radius 2 is 1.64 bits per heavy atom. The maximum atomic E-state index is 6.19. The predicted molar refractivity (Wildman–Crippen MR) is 122 cm³/mol. The van der Waals surface area contributed by atoms with Crippen molar-refractivity contribution >= 4 is 62.3 Å². The number of benzene rings is 2. The van der Waals surface area contributed by atoms with E-state index in [0.717, 1.165) is 65.8 Å². The Balaban J connectivity index is 1.85. The van der Waals surface area contributed by atoms with E-state index >= 15 is 0 Å². The highest BCUT2D eigenvalue weighted by molar-refractivity contribution is 6.31. The Morgan fingerprint density at radius 1 is 0.964 bits per heavy atom. The molecule has 3 aromatic rings. The number of ether oxygens (including phenoxy) is 1. The number of fused-ring (bicyclic) bond motifs is 2. The highest BCUT2D eigenvalue weighted by atomic mass is 35.5. The lowest BCUT2D eigenvalue weighted by Crippen LogP contribution is -2.30. The summed E-state index contributed by atoms with van der Waals surface area (Å²) in [7, 11) is 1.66. The van der Waals surface area contributed by atoms with Crippen molar-refractivity contribution in [1.29, 1.82) is 0 Å². The monoisotopic (exact) mass is 439 g/mol. The van der Waals surface area contributed by atoms with Crippen molar-refractivity contribution < 1.29 is 4.74 Å². The molecular weight excluding hydrogens is 417 g/mol. The lowest BCUT2D eigenvalue weighted by atomic mass is 10.1. The number of hydrogen-bond acceptors (Lipinski definition) is 4. The lowest BCUT2D eigenvalue weighted by molar-refractivity contribution is 0.306. The zero-order chi connectivity index (χ0) is 19.9. The van der Waals surface area contributed by atoms with Gasteiger partial charge in [0.1, 0.15) is 5.75 Å². The Labute approximate surface area is 180 Å². The van der Waals surface area contributed by atoms with Crippen LogP contribution in [0.3, 0.4) is 0 Å². The number of methoxy groups -OCH3 is 1. The fourth-order valence-electron chi connectivity index (χ4n) is 3.31. The Kier molecular flexibility index (Phi) is 7.86. The van der Waals surface area contributed by atoms with Gasteiger partial charge in [-0.1, -0.05) is 11.6 Å². The number of halogens is 3. The van der Waals surface area contributed by atoms with Gasteiger partial charge >= 0.3 is 0 Å². The van der Waals surface area contributed by atoms with E-state index in [2.05, 4.69) is 10.2 Å². The van der Waals surface area contributed by atoms with E-state index in [4.69, 9.17) is 44.5 Å². The minimum atomic E-state index is 0.618. The number of anilines is 1. The van der Waals surface area contributed by atoms with Crippen LogP contribution >= 0.6 is 34.8 Å². The van der Waals surface area contributed by atoms with E-state index in [-0.39, 0.29) is 0 Å². The molecule has 0 atom stereocenters. The van der Waals surface area contributed by atoms with Crippen molar-refractivity contribution in [3.63, 3.8) is 0 Å². The third kappa shape index (κ3) is 5.12. The summed E-state index contributed by atoms with van der Waals surface area (Å²) in [6, 6.07) is 11.8. The summed E-state index contributed by atoms with van der Waals surface area (Å²) in [6.07, 6.45) is 0.989. The van der Waals surface area contributed by atoms with E-state index in [1.165, 1.54) is 0 Å². The van der Waals surface area contributed by atoms with Crippen molar-refractivity contribution in [1.82, 2.24) is 9.88 Å². The average Bonchev–Trinajstić information content (AvgIpc) is 2.70. The Morgan fingerprint density at radius 3 is 2.32 bits per heavy atom. The van der Waals surface area contributed by atoms with Gasteiger partial charge in [0.25, 0.3) is 0 Å². The predicted octanol–water partition coefficient (Wildman–Crippen LogP) is 5.63. The van der Waals surface area contributed by atoms with Crippen LogP contribution in [0.25, 0.3) is 21.8 Å². The van der Waals surface area contributed by atoms with Gasteiger partial charge in [0.2, 0.25) is 0 Å². The molecule has 0 saturated carbocycles. The third-order valence-corrected chi connectivity index (χ3v) is 5.27. The smallest absolute Gasteiger partial charge is 0.121 e. The van der Waals surface area contributed by atoms with Crippen LogP contribution in [0.2, 0.25) is 5.02 Å². The second-order valence-electron chi connectivity index (χ2n) is 6.53. The Bertz CT molecular complexity index is 930. The topological polar surface area (TPSA) is 37.4 Å². The summed E-state index contributed by atoms with van der Waals surface area (Å²) >= 11 is 18.0. The first-order valence-corrected chi connectivity index (χ1v) is 10.8. The van der Waals surface area contributed by atoms with E-state index in [1.54, 1.807) is 7.11 Å². The van der Waals surface area contributed by atoms with Gasteiger partial charge in [0, 0.05) is 53.3 Å². The first kappa shape index (κ1) is 21.3. The van der Waals surface area contributed by atoms with Crippen molar-refractivity contribution in [2.24, 2.45) is 0 Å². The molecule has 0 amide bonds. The van der Waals surface area contributed by atoms with E-state index in [1.807, 2.05) is 36.4 Å². The van der Waals surface area contributed by atoms with Crippen LogP contribution in [-0.2, 0) is 0 Å². The largest absolute Gasteiger partial charge is 0.497 e. The summed E-state index contributed by atoms with van der Waals surface area (Å²) in [5.41, 5.74) is 2.81. The van der Waals surface area contributed by atoms with E-state index in [9.17, 15) is 0 Å². The number of nitrogens with zero attached hydrogens (tertiary/aromatic N) is 2. The number of rotatable bonds is 10. The quantitative estimate of drug-likeness (QED) is 0.252. The molecule has 0 spiro atoms. The first-order valence-electron chi connectivity index (χ1n) is 9.31. The van der Waals surface area contributed by atoms with Crippen LogP contribution in [0.15, 0.2) is 36.4 Å². The molecule has 0 aliphatic carbocycles. The van der Waals surface area contributed by atoms with Crippen molar-refractivity contribution in [2.45, 2.75) is 6.42 Å². The molecule has 3 rings (SSSR count). The number of hydrogen-bond donors (Lipinski definition) is 1. The molecule has 2 aromatic carbocycles. The fraction of sp³-hybridized carbons (Fsp3) is 0.381. The molecule has 0 saturated heterocycles. The molecule has 1 aromatic heterocycles. The highest BCUT2D eigenvalue weighted by Gasteiger charge is 2.11. The number of alkyl halides is 2. The molecule has 0 radical (unpaired) electrons. The van der Waals surface area contributed by atoms with Crippen LogP contribution in [0, 0.1) is 0 Å². The van der Waals surface area contributed by atoms with Gasteiger partial charge in [-0.05, 0) is 43.3 Å². The molecular formula is C21H24Cl3N3O. The molecule has 4 nitrogen and oxygen atoms in total. The number of nitrogens with one attached hydrogen (secondary N) is 1. The summed E-state index contributed by atoms with van der Waals surface area (Å²) in [4.78, 5) is 7.06. The van der Waals surface area contributed by atoms with Crippen LogP contribution in [0.5, 0.6) is 5.75 Å². The molecule has 7 heteroatoms. The second-order valence-corrected chi connectivity index (χ2v) is 7.72. The van der Waals surface area contributed by atoms with Gasteiger partial charge in [-0.3, -0.25) is 0 Å². The standard InChI is InChI=1S/C21H24Cl3N3O/c1-28-16-4-6-18-20(14-16)26-19-13-15(24)3-5-17(19)21(18)25-9-2-10-27(11-7-22)12-8-23/h3-6,13-14H,2,7-12H2,1H3,(H,25,26). The summed E-state index contributed by atoms with van der Waals surface area (Å²) in [6.45, 7) is 3.50. The third-order valence-electron chi connectivity index (χ3n) is 4.70. The molecule has 0 unspecified atom stereocenters. The lowest BCUT2D eigenvalue weighted by Gasteiger charge is -2.20. The molecule has 0 aliphatic heterocycles. The van der Waals surface area contributed by atoms with E-state index < -0.39 is 0 Å². The Hall–Kier alpha value is -1.46. The van der Waals surface area contributed by atoms with Crippen LogP contribution in [-0.4, -0.2) is 54.9 Å². The maximum Gasteiger partial charge on any atom is 0.121 e. The van der Waals surface area contributed by atoms with Crippen LogP contribution in [0.1, 0.15) is 6.42 Å². The van der Waals surface area contributed by atoms with Crippen LogP contribution < -0.4 is 10.1 Å². The second kappa shape index (κ2) is 10.4. The minimum Gasteiger partial charge on any atom is -0.497 e. The zero-order valence-electron chi connectivity index (χ0n) is 15.9. The number of pyridine rings is 1. The molecule has 0 fully saturated rings. The number of aromatic nitrogens is 1. The molecule has 1 N–H and O–H groups in total. The average molecular weight is 441 g/mol. The fourth-order valence-corrected chi connectivity index (χ4v) is 3.95. The molecule has 28 heavy (non-hydrogen) atoms. The van der Waals surface area contributed by atoms with Crippen molar-refractivity contribution in [3.05, 3.63) is 41.4 Å². The zero-order valence-corrected chi connectivity index (χ0v) is 18.1. The molecule has 1 heterocycles. The van der Waals surface area contributed by atoms with Gasteiger partial charge < -0.3 is 15.0 Å². The summed E-state index contributed by atoms with van der Waals surface area (Å²) in [5, 5.41) is 6.40. The minimum absolute atomic E-state index is 0.618. The van der Waals surface area contributed by atoms with E-state index in [0.29, 0.717) is 16.8 Å². The van der Waals surface area contributed by atoms with Gasteiger partial charge in [0.15, 0.2) is 0 Å².